The van der Waals surface area contributed by atoms with Crippen molar-refractivity contribution in [3.8, 4) is 5.75 Å². The zero-order valence-electron chi connectivity index (χ0n) is 11.7. The second-order valence-corrected chi connectivity index (χ2v) is 4.98. The fourth-order valence-electron chi connectivity index (χ4n) is 2.02. The van der Waals surface area contributed by atoms with Crippen LogP contribution in [0, 0.1) is 5.92 Å². The molecule has 0 saturated heterocycles. The second kappa shape index (κ2) is 6.24. The lowest BCUT2D eigenvalue weighted by Gasteiger charge is -2.14. The lowest BCUT2D eigenvalue weighted by molar-refractivity contribution is -0.131. The Hall–Kier alpha value is -2.29. The summed E-state index contributed by atoms with van der Waals surface area (Å²) in [4.78, 5) is 10.8. The minimum Gasteiger partial charge on any atom is -0.489 e. The molecule has 0 heterocycles. The Labute approximate surface area is 118 Å². The Morgan fingerprint density at radius 1 is 1.20 bits per heavy atom. The first kappa shape index (κ1) is 14.1. The van der Waals surface area contributed by atoms with Crippen LogP contribution in [0.4, 0.5) is 0 Å². The minimum atomic E-state index is -0.935. The normalized spacial score (nSPS) is 11.8. The summed E-state index contributed by atoms with van der Waals surface area (Å²) < 4.78 is 5.81. The Kier molecular flexibility index (Phi) is 4.41. The number of hydrogen-bond acceptors (Lipinski definition) is 2. The molecule has 0 bridgehead atoms. The highest BCUT2D eigenvalue weighted by molar-refractivity contribution is 5.88. The average molecular weight is 270 g/mol. The predicted octanol–water partition coefficient (Wildman–Crippen LogP) is 3.89. The van der Waals surface area contributed by atoms with Crippen molar-refractivity contribution in [2.24, 2.45) is 5.92 Å². The van der Waals surface area contributed by atoms with Crippen molar-refractivity contribution in [2.45, 2.75) is 13.8 Å². The summed E-state index contributed by atoms with van der Waals surface area (Å²) in [7, 11) is 0. The van der Waals surface area contributed by atoms with E-state index < -0.39 is 5.97 Å². The number of benzene rings is 2. The molecule has 0 aliphatic carbocycles. The summed E-state index contributed by atoms with van der Waals surface area (Å²) in [5.74, 6) is -0.0173. The van der Waals surface area contributed by atoms with Crippen LogP contribution >= 0.6 is 0 Å². The van der Waals surface area contributed by atoms with E-state index in [-0.39, 0.29) is 12.5 Å². The lowest BCUT2D eigenvalue weighted by Crippen LogP contribution is -2.09. The summed E-state index contributed by atoms with van der Waals surface area (Å²) in [5.41, 5.74) is 0.769. The molecule has 3 heteroatoms. The van der Waals surface area contributed by atoms with Crippen LogP contribution < -0.4 is 4.74 Å². The number of carboxylic acids is 1. The molecule has 0 amide bonds. The van der Waals surface area contributed by atoms with Gasteiger partial charge in [-0.05, 0) is 22.9 Å². The molecular formula is C17H18O3. The van der Waals surface area contributed by atoms with Gasteiger partial charge in [-0.3, -0.25) is 0 Å². The van der Waals surface area contributed by atoms with Gasteiger partial charge in [0.15, 0.2) is 0 Å². The van der Waals surface area contributed by atoms with E-state index in [0.29, 0.717) is 0 Å². The maximum Gasteiger partial charge on any atom is 0.328 e. The van der Waals surface area contributed by atoms with Crippen LogP contribution in [0.2, 0.25) is 0 Å². The van der Waals surface area contributed by atoms with Gasteiger partial charge in [-0.25, -0.2) is 4.79 Å². The summed E-state index contributed by atoms with van der Waals surface area (Å²) in [6, 6.07) is 13.8. The minimum absolute atomic E-state index is 0.140. The first-order valence-electron chi connectivity index (χ1n) is 6.62. The smallest absolute Gasteiger partial charge is 0.328 e. The Bertz CT molecular complexity index is 636. The van der Waals surface area contributed by atoms with E-state index in [2.05, 4.69) is 0 Å². The molecule has 104 valence electrons. The molecule has 20 heavy (non-hydrogen) atoms. The third-order valence-electron chi connectivity index (χ3n) is 3.19. The summed E-state index contributed by atoms with van der Waals surface area (Å²) in [6.07, 6.45) is 1.23. The zero-order chi connectivity index (χ0) is 14.5. The first-order valence-corrected chi connectivity index (χ1v) is 6.62. The van der Waals surface area contributed by atoms with Crippen molar-refractivity contribution in [3.05, 3.63) is 54.1 Å². The fraction of sp³-hybridized carbons (Fsp3) is 0.235. The van der Waals surface area contributed by atoms with Crippen LogP contribution in [0.1, 0.15) is 13.8 Å². The number of carbonyl (C=O) groups is 1. The van der Waals surface area contributed by atoms with E-state index in [9.17, 15) is 4.79 Å². The van der Waals surface area contributed by atoms with Crippen molar-refractivity contribution >= 4 is 16.7 Å². The maximum atomic E-state index is 10.8. The van der Waals surface area contributed by atoms with Crippen LogP contribution in [-0.2, 0) is 4.79 Å². The van der Waals surface area contributed by atoms with E-state index >= 15 is 0 Å². The molecule has 0 spiro atoms. The van der Waals surface area contributed by atoms with Crippen LogP contribution in [0.3, 0.4) is 0 Å². The average Bonchev–Trinajstić information content (AvgIpc) is 2.42. The van der Waals surface area contributed by atoms with Crippen molar-refractivity contribution in [1.82, 2.24) is 0 Å². The molecule has 2 rings (SSSR count). The molecule has 0 aromatic heterocycles. The SMILES string of the molecule is CC(C)/C(=C\C(=O)O)COc1cccc2ccccc12. The van der Waals surface area contributed by atoms with Gasteiger partial charge >= 0.3 is 5.97 Å². The van der Waals surface area contributed by atoms with E-state index in [1.165, 1.54) is 6.08 Å². The molecule has 0 radical (unpaired) electrons. The maximum absolute atomic E-state index is 10.8. The highest BCUT2D eigenvalue weighted by Gasteiger charge is 2.08. The van der Waals surface area contributed by atoms with Crippen LogP contribution in [0.25, 0.3) is 10.8 Å². The molecule has 3 nitrogen and oxygen atoms in total. The van der Waals surface area contributed by atoms with Gasteiger partial charge in [0.25, 0.3) is 0 Å². The highest BCUT2D eigenvalue weighted by Crippen LogP contribution is 2.26. The molecule has 0 saturated carbocycles. The molecule has 1 N–H and O–H groups in total. The lowest BCUT2D eigenvalue weighted by atomic mass is 10.0. The third-order valence-corrected chi connectivity index (χ3v) is 3.19. The van der Waals surface area contributed by atoms with Gasteiger partial charge < -0.3 is 9.84 Å². The van der Waals surface area contributed by atoms with Gasteiger partial charge in [-0.15, -0.1) is 0 Å². The van der Waals surface area contributed by atoms with E-state index in [0.717, 1.165) is 22.1 Å². The Balaban J connectivity index is 2.22. The highest BCUT2D eigenvalue weighted by atomic mass is 16.5. The third kappa shape index (κ3) is 3.38. The molecule has 2 aromatic carbocycles. The molecule has 0 atom stereocenters. The van der Waals surface area contributed by atoms with Gasteiger partial charge in [-0.2, -0.15) is 0 Å². The van der Waals surface area contributed by atoms with Crippen LogP contribution in [-0.4, -0.2) is 17.7 Å². The standard InChI is InChI=1S/C17H18O3/c1-12(2)14(10-17(18)19)11-20-16-9-5-7-13-6-3-4-8-15(13)16/h3-10,12H,11H2,1-2H3,(H,18,19)/b14-10-. The molecule has 0 aliphatic heterocycles. The van der Waals surface area contributed by atoms with Gasteiger partial charge in [-0.1, -0.05) is 50.2 Å². The Morgan fingerprint density at radius 2 is 1.90 bits per heavy atom. The van der Waals surface area contributed by atoms with Crippen molar-refractivity contribution in [1.29, 1.82) is 0 Å². The quantitative estimate of drug-likeness (QED) is 0.838. The number of ether oxygens (including phenoxy) is 1. The van der Waals surface area contributed by atoms with E-state index in [1.807, 2.05) is 56.3 Å². The molecular weight excluding hydrogens is 252 g/mol. The van der Waals surface area contributed by atoms with Gasteiger partial charge in [0.2, 0.25) is 0 Å². The Morgan fingerprint density at radius 3 is 2.60 bits per heavy atom. The van der Waals surface area contributed by atoms with Gasteiger partial charge in [0, 0.05) is 11.5 Å². The number of fused-ring (bicyclic) bond motifs is 1. The van der Waals surface area contributed by atoms with E-state index in [4.69, 9.17) is 9.84 Å². The number of aliphatic carboxylic acids is 1. The van der Waals surface area contributed by atoms with Crippen molar-refractivity contribution in [2.75, 3.05) is 6.61 Å². The molecule has 0 aliphatic rings. The number of hydrogen-bond donors (Lipinski definition) is 1. The summed E-state index contributed by atoms with van der Waals surface area (Å²) >= 11 is 0. The molecule has 0 unspecified atom stereocenters. The predicted molar refractivity (Wildman–Crippen MR) is 80.0 cm³/mol. The van der Waals surface area contributed by atoms with Crippen LogP contribution in [0.15, 0.2) is 54.1 Å². The van der Waals surface area contributed by atoms with E-state index in [1.54, 1.807) is 0 Å². The molecule has 2 aromatic rings. The first-order chi connectivity index (χ1) is 9.58. The largest absolute Gasteiger partial charge is 0.489 e. The van der Waals surface area contributed by atoms with Crippen molar-refractivity contribution in [3.63, 3.8) is 0 Å². The van der Waals surface area contributed by atoms with Crippen molar-refractivity contribution < 1.29 is 14.6 Å². The van der Waals surface area contributed by atoms with Gasteiger partial charge in [0.1, 0.15) is 12.4 Å². The topological polar surface area (TPSA) is 46.5 Å². The summed E-state index contributed by atoms with van der Waals surface area (Å²) in [5, 5.41) is 11.0. The zero-order valence-corrected chi connectivity index (χ0v) is 11.7. The van der Waals surface area contributed by atoms with Gasteiger partial charge in [0.05, 0.1) is 0 Å². The summed E-state index contributed by atoms with van der Waals surface area (Å²) in [6.45, 7) is 4.21. The number of carboxylic acid groups (broad SMARTS) is 1. The molecule has 0 fully saturated rings. The fourth-order valence-corrected chi connectivity index (χ4v) is 2.02. The number of rotatable bonds is 5. The van der Waals surface area contributed by atoms with Crippen LogP contribution in [0.5, 0.6) is 5.75 Å². The monoisotopic (exact) mass is 270 g/mol. The second-order valence-electron chi connectivity index (χ2n) is 4.98.